The van der Waals surface area contributed by atoms with Gasteiger partial charge in [0.15, 0.2) is 0 Å². The Balaban J connectivity index is 0.893. The van der Waals surface area contributed by atoms with Crippen molar-refractivity contribution in [3.8, 4) is 0 Å². The molecule has 0 radical (unpaired) electrons. The molecule has 0 saturated heterocycles. The molecule has 6 amide bonds. The van der Waals surface area contributed by atoms with Gasteiger partial charge in [0.25, 0.3) is 17.7 Å². The third-order valence-corrected chi connectivity index (χ3v) is 12.2. The van der Waals surface area contributed by atoms with Crippen LogP contribution in [0.2, 0.25) is 10.0 Å². The molecule has 23 heteroatoms. The quantitative estimate of drug-likeness (QED) is 0.0473. The van der Waals surface area contributed by atoms with Gasteiger partial charge in [-0.3, -0.25) is 33.7 Å². The first-order valence-corrected chi connectivity index (χ1v) is 25.2. The fraction of sp³-hybridized carbons (Fsp3) is 0.580. The van der Waals surface area contributed by atoms with E-state index in [-0.39, 0.29) is 72.3 Å². The van der Waals surface area contributed by atoms with E-state index in [1.54, 1.807) is 42.5 Å². The molecule has 73 heavy (non-hydrogen) atoms. The summed E-state index contributed by atoms with van der Waals surface area (Å²) in [4.78, 5) is 87.0. The van der Waals surface area contributed by atoms with Crippen LogP contribution in [0.4, 0.5) is 5.69 Å². The zero-order valence-corrected chi connectivity index (χ0v) is 42.7. The average molecular weight is 1070 g/mol. The molecule has 5 N–H and O–H groups in total. The number of anilines is 1. The van der Waals surface area contributed by atoms with Crippen molar-refractivity contribution >= 4 is 70.3 Å². The Labute approximate surface area is 435 Å². The fourth-order valence-corrected chi connectivity index (χ4v) is 8.14. The van der Waals surface area contributed by atoms with Crippen LogP contribution in [0.25, 0.3) is 0 Å². The molecular weight excluding hydrogens is 997 g/mol. The van der Waals surface area contributed by atoms with E-state index in [0.717, 1.165) is 17.7 Å². The number of hydrogen-bond acceptors (Lipinski definition) is 15. The second-order valence-electron chi connectivity index (χ2n) is 16.8. The highest BCUT2D eigenvalue weighted by Gasteiger charge is 2.42. The van der Waals surface area contributed by atoms with Crippen LogP contribution in [-0.4, -0.2) is 183 Å². The van der Waals surface area contributed by atoms with Gasteiger partial charge in [-0.2, -0.15) is 0 Å². The van der Waals surface area contributed by atoms with Crippen molar-refractivity contribution in [2.75, 3.05) is 131 Å². The minimum atomic E-state index is -1.18. The third kappa shape index (κ3) is 23.8. The van der Waals surface area contributed by atoms with Crippen molar-refractivity contribution in [3.05, 3.63) is 75.8 Å². The first-order valence-electron chi connectivity index (χ1n) is 24.5. The molecule has 1 heterocycles. The first kappa shape index (κ1) is 60.5. The maximum atomic E-state index is 13.6. The topological polar surface area (TPSA) is 265 Å². The van der Waals surface area contributed by atoms with E-state index in [9.17, 15) is 38.7 Å². The largest absolute Gasteiger partial charge is 0.480 e. The van der Waals surface area contributed by atoms with Gasteiger partial charge in [0.2, 0.25) is 17.7 Å². The van der Waals surface area contributed by atoms with Gasteiger partial charge in [-0.15, -0.1) is 0 Å². The Bertz CT molecular complexity index is 2040. The van der Waals surface area contributed by atoms with Gasteiger partial charge in [-0.1, -0.05) is 54.2 Å². The summed E-state index contributed by atoms with van der Waals surface area (Å²) in [6, 6.07) is 10.2. The molecule has 1 fully saturated rings. The summed E-state index contributed by atoms with van der Waals surface area (Å²) < 4.78 is 43.9. The summed E-state index contributed by atoms with van der Waals surface area (Å²) in [5.41, 5.74) is 0.451. The van der Waals surface area contributed by atoms with E-state index in [1.807, 2.05) is 0 Å². The van der Waals surface area contributed by atoms with Crippen LogP contribution in [0.1, 0.15) is 60.9 Å². The van der Waals surface area contributed by atoms with Gasteiger partial charge in [0.05, 0.1) is 127 Å². The number of carbonyl (C=O) groups is 7. The first-order chi connectivity index (χ1) is 35.4. The van der Waals surface area contributed by atoms with Gasteiger partial charge in [0.1, 0.15) is 6.04 Å². The van der Waals surface area contributed by atoms with Crippen LogP contribution < -0.4 is 21.3 Å². The van der Waals surface area contributed by atoms with Crippen molar-refractivity contribution in [1.29, 1.82) is 0 Å². The van der Waals surface area contributed by atoms with E-state index in [1.165, 1.54) is 12.2 Å². The number of nitrogens with one attached hydrogen (secondary N) is 4. The van der Waals surface area contributed by atoms with Gasteiger partial charge in [-0.05, 0) is 49.1 Å². The molecule has 21 nitrogen and oxygen atoms in total. The molecule has 2 aromatic carbocycles. The van der Waals surface area contributed by atoms with E-state index < -0.39 is 35.1 Å². The van der Waals surface area contributed by atoms with Crippen molar-refractivity contribution in [3.63, 3.8) is 0 Å². The predicted octanol–water partition coefficient (Wildman–Crippen LogP) is 3.38. The lowest BCUT2D eigenvalue weighted by molar-refractivity contribution is -0.144. The van der Waals surface area contributed by atoms with Gasteiger partial charge in [0, 0.05) is 56.7 Å². The molecule has 1 aliphatic carbocycles. The maximum absolute atomic E-state index is 13.6. The van der Waals surface area contributed by atoms with Crippen molar-refractivity contribution in [1.82, 2.24) is 20.9 Å². The third-order valence-electron chi connectivity index (χ3n) is 11.5. The minimum Gasteiger partial charge on any atom is -0.480 e. The number of halogens is 2. The van der Waals surface area contributed by atoms with Crippen LogP contribution in [0.5, 0.6) is 0 Å². The van der Waals surface area contributed by atoms with E-state index >= 15 is 0 Å². The summed E-state index contributed by atoms with van der Waals surface area (Å²) in [6.07, 6.45) is 5.77. The van der Waals surface area contributed by atoms with Crippen LogP contribution in [0, 0.1) is 5.41 Å². The van der Waals surface area contributed by atoms with Gasteiger partial charge in [-0.25, -0.2) is 4.79 Å². The highest BCUT2D eigenvalue weighted by molar-refractivity contribution is 6.40. The Kier molecular flexibility index (Phi) is 29.2. The van der Waals surface area contributed by atoms with Crippen molar-refractivity contribution < 1.29 is 76.6 Å². The molecule has 2 aliphatic rings. The average Bonchev–Trinajstić information content (AvgIpc) is 3.98. The standard InChI is InChI=1S/C50H69Cl2N5O16/c51-39-4-3-5-40(52)46(39)47(62)55-38-8-6-37(7-9-38)36-41(48(63)64)56-49(65)50(14-1-2-15-50)16-17-53-43(59)13-20-66-22-24-68-26-28-70-30-32-72-34-35-73-33-31-71-29-27-69-25-23-67-21-18-54-42(58)12-19-57-44(60)10-11-45(57)61/h3-11,41H,1-2,12-36H2,(H,53,59)(H,54,58)(H,55,62)(H,56,65)(H,63,64)/t41-/m0/s1. The number of imide groups is 1. The molecular formula is C50H69Cl2N5O16. The Morgan fingerprint density at radius 3 is 1.55 bits per heavy atom. The number of ether oxygens (including phenoxy) is 8. The SMILES string of the molecule is O=C(CCOCCOCCOCCOCCOCCOCCOCCOCCNC(=O)CCN1C(=O)C=CC1=O)NCCC1(C(=O)N[C@@H](Cc2ccc(NC(=O)c3c(Cl)cccc3Cl)cc2)C(=O)O)CCCC1. The minimum absolute atomic E-state index is 0.0260. The smallest absolute Gasteiger partial charge is 0.326 e. The second kappa shape index (κ2) is 35.2. The van der Waals surface area contributed by atoms with Crippen LogP contribution >= 0.6 is 23.2 Å². The van der Waals surface area contributed by atoms with Gasteiger partial charge < -0.3 is 64.3 Å². The number of carboxylic acids is 1. The number of aliphatic carboxylic acids is 1. The summed E-state index contributed by atoms with van der Waals surface area (Å²) >= 11 is 12.3. The number of carbonyl (C=O) groups excluding carboxylic acids is 6. The van der Waals surface area contributed by atoms with Gasteiger partial charge >= 0.3 is 5.97 Å². The Morgan fingerprint density at radius 1 is 0.603 bits per heavy atom. The number of benzene rings is 2. The lowest BCUT2D eigenvalue weighted by Crippen LogP contribution is -2.49. The summed E-state index contributed by atoms with van der Waals surface area (Å²) in [5, 5.41) is 21.5. The molecule has 1 aliphatic heterocycles. The summed E-state index contributed by atoms with van der Waals surface area (Å²) in [5.74, 6) is -3.31. The van der Waals surface area contributed by atoms with E-state index in [4.69, 9.17) is 61.1 Å². The zero-order chi connectivity index (χ0) is 52.5. The second-order valence-corrected chi connectivity index (χ2v) is 17.6. The molecule has 4 rings (SSSR count). The predicted molar refractivity (Wildman–Crippen MR) is 267 cm³/mol. The highest BCUT2D eigenvalue weighted by atomic mass is 35.5. The lowest BCUT2D eigenvalue weighted by atomic mass is 9.81. The molecule has 0 bridgehead atoms. The Hall–Kier alpha value is -5.07. The molecule has 2 aromatic rings. The van der Waals surface area contributed by atoms with Crippen LogP contribution in [-0.2, 0) is 73.1 Å². The van der Waals surface area contributed by atoms with E-state index in [0.29, 0.717) is 136 Å². The van der Waals surface area contributed by atoms with Crippen molar-refractivity contribution in [2.45, 2.75) is 57.4 Å². The molecule has 1 atom stereocenters. The number of hydrogen-bond donors (Lipinski definition) is 5. The number of carboxylic acid groups (broad SMARTS) is 1. The van der Waals surface area contributed by atoms with Crippen LogP contribution in [0.15, 0.2) is 54.6 Å². The summed E-state index contributed by atoms with van der Waals surface area (Å²) in [7, 11) is 0. The van der Waals surface area contributed by atoms with E-state index in [2.05, 4.69) is 21.3 Å². The normalized spacial score (nSPS) is 14.4. The Morgan fingerprint density at radius 2 is 1.05 bits per heavy atom. The summed E-state index contributed by atoms with van der Waals surface area (Å²) in [6.45, 7) is 6.58. The monoisotopic (exact) mass is 1070 g/mol. The number of rotatable bonds is 40. The molecule has 1 saturated carbocycles. The lowest BCUT2D eigenvalue weighted by Gasteiger charge is -2.29. The maximum Gasteiger partial charge on any atom is 0.326 e. The fourth-order valence-electron chi connectivity index (χ4n) is 7.57. The zero-order valence-electron chi connectivity index (χ0n) is 41.1. The molecule has 404 valence electrons. The van der Waals surface area contributed by atoms with Crippen LogP contribution in [0.3, 0.4) is 0 Å². The van der Waals surface area contributed by atoms with Crippen molar-refractivity contribution in [2.24, 2.45) is 5.41 Å². The molecule has 0 unspecified atom stereocenters. The molecule has 0 spiro atoms. The highest BCUT2D eigenvalue weighted by Crippen LogP contribution is 2.41. The molecule has 0 aromatic heterocycles. The number of nitrogens with zero attached hydrogens (tertiary/aromatic N) is 1. The number of amides is 6.